The molecule has 1 heterocycles. The van der Waals surface area contributed by atoms with Crippen molar-refractivity contribution in [2.24, 2.45) is 0 Å². The first-order valence-electron chi connectivity index (χ1n) is 4.99. The van der Waals surface area contributed by atoms with Crippen molar-refractivity contribution in [2.45, 2.75) is 6.92 Å². The zero-order valence-corrected chi connectivity index (χ0v) is 13.2. The van der Waals surface area contributed by atoms with Gasteiger partial charge >= 0.3 is 0 Å². The van der Waals surface area contributed by atoms with Crippen LogP contribution in [0.2, 0.25) is 8.67 Å². The molecule has 2 nitrogen and oxygen atoms in total. The number of nitrogens with one attached hydrogen (secondary N) is 1. The number of thiophene rings is 1. The Hall–Kier alpha value is -0.550. The fraction of sp³-hybridized carbons (Fsp3) is 0.0833. The van der Waals surface area contributed by atoms with Crippen molar-refractivity contribution in [1.29, 1.82) is 0 Å². The Balaban J connectivity index is 2.26. The minimum atomic E-state index is -0.260. The number of carbonyl (C=O) groups is 1. The third kappa shape index (κ3) is 3.06. The SMILES string of the molecule is Cc1ccc(Br)cc1NC(=O)c1cc(Cl)sc1Cl. The van der Waals surface area contributed by atoms with Crippen molar-refractivity contribution in [3.8, 4) is 0 Å². The number of benzene rings is 1. The van der Waals surface area contributed by atoms with E-state index in [1.807, 2.05) is 25.1 Å². The first-order valence-corrected chi connectivity index (χ1v) is 7.36. The van der Waals surface area contributed by atoms with Crippen LogP contribution in [0.5, 0.6) is 0 Å². The molecule has 18 heavy (non-hydrogen) atoms. The molecule has 0 fully saturated rings. The second kappa shape index (κ2) is 5.61. The molecule has 2 aromatic rings. The molecule has 1 N–H and O–H groups in total. The summed E-state index contributed by atoms with van der Waals surface area (Å²) < 4.78 is 1.79. The second-order valence-electron chi connectivity index (χ2n) is 3.65. The van der Waals surface area contributed by atoms with Crippen LogP contribution in [0.1, 0.15) is 15.9 Å². The topological polar surface area (TPSA) is 29.1 Å². The third-order valence-electron chi connectivity index (χ3n) is 2.35. The maximum absolute atomic E-state index is 12.0. The highest BCUT2D eigenvalue weighted by Gasteiger charge is 2.15. The summed E-state index contributed by atoms with van der Waals surface area (Å²) in [5.41, 5.74) is 2.11. The minimum absolute atomic E-state index is 0.260. The summed E-state index contributed by atoms with van der Waals surface area (Å²) in [4.78, 5) is 12.0. The monoisotopic (exact) mass is 363 g/mol. The molecule has 1 aromatic heterocycles. The summed E-state index contributed by atoms with van der Waals surface area (Å²) in [6.07, 6.45) is 0. The number of anilines is 1. The Morgan fingerprint density at radius 3 is 2.67 bits per heavy atom. The lowest BCUT2D eigenvalue weighted by atomic mass is 10.2. The van der Waals surface area contributed by atoms with Gasteiger partial charge in [-0.25, -0.2) is 0 Å². The van der Waals surface area contributed by atoms with E-state index in [1.165, 1.54) is 11.3 Å². The van der Waals surface area contributed by atoms with Crippen molar-refractivity contribution < 1.29 is 4.79 Å². The molecule has 0 bridgehead atoms. The minimum Gasteiger partial charge on any atom is -0.322 e. The molecule has 0 saturated heterocycles. The highest BCUT2D eigenvalue weighted by Crippen LogP contribution is 2.32. The molecule has 0 unspecified atom stereocenters. The number of rotatable bonds is 2. The van der Waals surface area contributed by atoms with Gasteiger partial charge in [-0.2, -0.15) is 0 Å². The third-order valence-corrected chi connectivity index (χ3v) is 4.33. The zero-order valence-electron chi connectivity index (χ0n) is 9.26. The van der Waals surface area contributed by atoms with Crippen LogP contribution in [0.4, 0.5) is 5.69 Å². The summed E-state index contributed by atoms with van der Waals surface area (Å²) in [7, 11) is 0. The molecule has 94 valence electrons. The van der Waals surface area contributed by atoms with E-state index in [0.29, 0.717) is 14.2 Å². The zero-order chi connectivity index (χ0) is 13.3. The lowest BCUT2D eigenvalue weighted by molar-refractivity contribution is 0.102. The van der Waals surface area contributed by atoms with Crippen LogP contribution in [0.25, 0.3) is 0 Å². The van der Waals surface area contributed by atoms with Crippen molar-refractivity contribution in [2.75, 3.05) is 5.32 Å². The number of amides is 1. The average molecular weight is 365 g/mol. The molecule has 0 spiro atoms. The molecule has 0 saturated carbocycles. The highest BCUT2D eigenvalue weighted by atomic mass is 79.9. The number of hydrogen-bond acceptors (Lipinski definition) is 2. The number of aryl methyl sites for hydroxylation is 1. The lowest BCUT2D eigenvalue weighted by Crippen LogP contribution is -2.12. The summed E-state index contributed by atoms with van der Waals surface area (Å²) in [6.45, 7) is 1.92. The van der Waals surface area contributed by atoms with Crippen molar-refractivity contribution in [3.63, 3.8) is 0 Å². The van der Waals surface area contributed by atoms with Crippen LogP contribution in [-0.2, 0) is 0 Å². The van der Waals surface area contributed by atoms with Gasteiger partial charge in [0.1, 0.15) is 4.34 Å². The molecular formula is C12H8BrCl2NOS. The van der Waals surface area contributed by atoms with E-state index in [2.05, 4.69) is 21.2 Å². The Kier molecular flexibility index (Phi) is 4.33. The molecule has 0 aliphatic heterocycles. The average Bonchev–Trinajstić information content (AvgIpc) is 2.63. The Labute approximate surface area is 127 Å². The van der Waals surface area contributed by atoms with E-state index >= 15 is 0 Å². The van der Waals surface area contributed by atoms with Gasteiger partial charge in [-0.3, -0.25) is 4.79 Å². The molecule has 0 radical (unpaired) electrons. The van der Waals surface area contributed by atoms with Crippen LogP contribution >= 0.6 is 50.5 Å². The van der Waals surface area contributed by atoms with Gasteiger partial charge in [-0.15, -0.1) is 11.3 Å². The normalized spacial score (nSPS) is 10.4. The molecule has 0 atom stereocenters. The van der Waals surface area contributed by atoms with Crippen LogP contribution in [0.15, 0.2) is 28.7 Å². The van der Waals surface area contributed by atoms with Gasteiger partial charge < -0.3 is 5.32 Å². The first kappa shape index (κ1) is 13.9. The summed E-state index contributed by atoms with van der Waals surface area (Å²) in [6, 6.07) is 7.24. The van der Waals surface area contributed by atoms with E-state index in [9.17, 15) is 4.79 Å². The van der Waals surface area contributed by atoms with Gasteiger partial charge in [0, 0.05) is 10.2 Å². The maximum atomic E-state index is 12.0. The molecule has 6 heteroatoms. The van der Waals surface area contributed by atoms with E-state index in [0.717, 1.165) is 15.7 Å². The lowest BCUT2D eigenvalue weighted by Gasteiger charge is -2.08. The fourth-order valence-electron chi connectivity index (χ4n) is 1.41. The van der Waals surface area contributed by atoms with E-state index in [-0.39, 0.29) is 5.91 Å². The number of carbonyl (C=O) groups excluding carboxylic acids is 1. The van der Waals surface area contributed by atoms with E-state index in [1.54, 1.807) is 6.07 Å². The standard InChI is InChI=1S/C12H8BrCl2NOS/c1-6-2-3-7(13)4-9(6)16-12(17)8-5-10(14)18-11(8)15/h2-5H,1H3,(H,16,17). The molecule has 2 rings (SSSR count). The van der Waals surface area contributed by atoms with Gasteiger partial charge in [0.15, 0.2) is 0 Å². The maximum Gasteiger partial charge on any atom is 0.258 e. The predicted molar refractivity (Wildman–Crippen MR) is 81.2 cm³/mol. The highest BCUT2D eigenvalue weighted by molar-refractivity contribution is 9.10. The smallest absolute Gasteiger partial charge is 0.258 e. The quantitative estimate of drug-likeness (QED) is 0.761. The van der Waals surface area contributed by atoms with Gasteiger partial charge in [0.2, 0.25) is 0 Å². The number of halogens is 3. The summed E-state index contributed by atoms with van der Waals surface area (Å²) >= 11 is 16.3. The van der Waals surface area contributed by atoms with Crippen LogP contribution < -0.4 is 5.32 Å². The summed E-state index contributed by atoms with van der Waals surface area (Å²) in [5, 5.41) is 2.82. The van der Waals surface area contributed by atoms with Crippen molar-refractivity contribution >= 4 is 62.1 Å². The Bertz CT molecular complexity index is 612. The van der Waals surface area contributed by atoms with E-state index < -0.39 is 0 Å². The van der Waals surface area contributed by atoms with Gasteiger partial charge in [-0.05, 0) is 30.7 Å². The first-order chi connectivity index (χ1) is 8.47. The summed E-state index contributed by atoms with van der Waals surface area (Å²) in [5.74, 6) is -0.260. The molecule has 0 aliphatic rings. The fourth-order valence-corrected chi connectivity index (χ4v) is 3.23. The largest absolute Gasteiger partial charge is 0.322 e. The predicted octanol–water partition coefficient (Wildman–Crippen LogP) is 5.38. The van der Waals surface area contributed by atoms with E-state index in [4.69, 9.17) is 23.2 Å². The van der Waals surface area contributed by atoms with Gasteiger partial charge in [-0.1, -0.05) is 45.2 Å². The molecule has 0 aliphatic carbocycles. The Morgan fingerprint density at radius 2 is 2.06 bits per heavy atom. The van der Waals surface area contributed by atoms with Crippen LogP contribution in [0, 0.1) is 6.92 Å². The van der Waals surface area contributed by atoms with Crippen molar-refractivity contribution in [1.82, 2.24) is 0 Å². The second-order valence-corrected chi connectivity index (χ2v) is 6.85. The Morgan fingerprint density at radius 1 is 1.33 bits per heavy atom. The van der Waals surface area contributed by atoms with Gasteiger partial charge in [0.05, 0.1) is 9.90 Å². The molecule has 1 amide bonds. The van der Waals surface area contributed by atoms with Crippen molar-refractivity contribution in [3.05, 3.63) is 48.5 Å². The molecular weight excluding hydrogens is 357 g/mol. The number of hydrogen-bond donors (Lipinski definition) is 1. The van der Waals surface area contributed by atoms with Gasteiger partial charge in [0.25, 0.3) is 5.91 Å². The van der Waals surface area contributed by atoms with Crippen LogP contribution in [-0.4, -0.2) is 5.91 Å². The molecule has 1 aromatic carbocycles. The van der Waals surface area contributed by atoms with Crippen LogP contribution in [0.3, 0.4) is 0 Å².